The number of benzene rings is 3. The van der Waals surface area contributed by atoms with Gasteiger partial charge in [-0.2, -0.15) is 0 Å². The van der Waals surface area contributed by atoms with Crippen LogP contribution in [0.4, 0.5) is 0 Å². The Balaban J connectivity index is 2.76. The van der Waals surface area contributed by atoms with Crippen LogP contribution in [0.5, 0.6) is 17.2 Å². The minimum atomic E-state index is -0.613. The van der Waals surface area contributed by atoms with Crippen LogP contribution >= 0.6 is 0 Å². The van der Waals surface area contributed by atoms with Gasteiger partial charge in [-0.05, 0) is 104 Å². The summed E-state index contributed by atoms with van der Waals surface area (Å²) >= 11 is 0. The molecule has 0 spiro atoms. The Labute approximate surface area is 262 Å². The van der Waals surface area contributed by atoms with E-state index in [4.69, 9.17) is 0 Å². The molecule has 0 fully saturated rings. The first-order valence-electron chi connectivity index (χ1n) is 15.9. The molecule has 0 heterocycles. The minimum absolute atomic E-state index is 0.271. The fourth-order valence-electron chi connectivity index (χ4n) is 6.78. The van der Waals surface area contributed by atoms with E-state index < -0.39 is 5.41 Å². The van der Waals surface area contributed by atoms with E-state index in [1.54, 1.807) is 0 Å². The molecule has 3 aromatic carbocycles. The van der Waals surface area contributed by atoms with Crippen LogP contribution < -0.4 is 0 Å². The topological polar surface area (TPSA) is 60.7 Å². The monoisotopic (exact) mass is 586 g/mol. The molecule has 0 bridgehead atoms. The van der Waals surface area contributed by atoms with Crippen molar-refractivity contribution in [3.63, 3.8) is 0 Å². The SMILES string of the molecule is CCCC(c1cc(C(C)(C)C)c(O)c(C(C)(C)C)c1)(c1cc(C(C)(C)C)c(O)cc1C)c1cc(C(C)(C)C)c(O)cc1C. The van der Waals surface area contributed by atoms with Crippen molar-refractivity contribution in [1.82, 2.24) is 0 Å². The van der Waals surface area contributed by atoms with Crippen molar-refractivity contribution in [2.75, 3.05) is 0 Å². The van der Waals surface area contributed by atoms with Gasteiger partial charge >= 0.3 is 0 Å². The molecule has 0 aromatic heterocycles. The summed E-state index contributed by atoms with van der Waals surface area (Å²) in [4.78, 5) is 0. The maximum atomic E-state index is 11.7. The van der Waals surface area contributed by atoms with Crippen LogP contribution in [0, 0.1) is 13.8 Å². The van der Waals surface area contributed by atoms with Gasteiger partial charge in [0.25, 0.3) is 0 Å². The van der Waals surface area contributed by atoms with Crippen molar-refractivity contribution in [3.05, 3.63) is 86.5 Å². The van der Waals surface area contributed by atoms with Crippen molar-refractivity contribution in [3.8, 4) is 17.2 Å². The summed E-state index contributed by atoms with van der Waals surface area (Å²) in [7, 11) is 0. The van der Waals surface area contributed by atoms with Gasteiger partial charge in [0.15, 0.2) is 0 Å². The van der Waals surface area contributed by atoms with E-state index in [2.05, 4.69) is 128 Å². The number of hydrogen-bond donors (Lipinski definition) is 3. The Hall–Kier alpha value is -2.94. The minimum Gasteiger partial charge on any atom is -0.508 e. The summed E-state index contributed by atoms with van der Waals surface area (Å²) in [5.74, 6) is 0.992. The van der Waals surface area contributed by atoms with Crippen LogP contribution in [-0.4, -0.2) is 15.3 Å². The van der Waals surface area contributed by atoms with E-state index in [-0.39, 0.29) is 21.7 Å². The predicted octanol–water partition coefficient (Wildman–Crippen LogP) is 10.7. The zero-order valence-electron chi connectivity index (χ0n) is 29.7. The molecular formula is C40H58O3. The van der Waals surface area contributed by atoms with Gasteiger partial charge in [0.2, 0.25) is 0 Å². The maximum absolute atomic E-state index is 11.7. The summed E-state index contributed by atoms with van der Waals surface area (Å²) in [6.45, 7) is 32.2. The third-order valence-electron chi connectivity index (χ3n) is 9.06. The maximum Gasteiger partial charge on any atom is 0.123 e. The smallest absolute Gasteiger partial charge is 0.123 e. The molecule has 3 aromatic rings. The van der Waals surface area contributed by atoms with Gasteiger partial charge in [-0.25, -0.2) is 0 Å². The van der Waals surface area contributed by atoms with Crippen LogP contribution in [0.3, 0.4) is 0 Å². The van der Waals surface area contributed by atoms with Crippen molar-refractivity contribution in [2.45, 2.75) is 144 Å². The first-order valence-corrected chi connectivity index (χ1v) is 15.9. The molecule has 0 amide bonds. The Morgan fingerprint density at radius 3 is 1.07 bits per heavy atom. The molecule has 3 N–H and O–H groups in total. The highest BCUT2D eigenvalue weighted by Crippen LogP contribution is 2.52. The number of phenols is 3. The second-order valence-corrected chi connectivity index (χ2v) is 16.9. The zero-order chi connectivity index (χ0) is 33.1. The van der Waals surface area contributed by atoms with Gasteiger partial charge in [0.05, 0.1) is 0 Å². The van der Waals surface area contributed by atoms with Crippen molar-refractivity contribution < 1.29 is 15.3 Å². The van der Waals surface area contributed by atoms with Crippen LogP contribution in [0.25, 0.3) is 0 Å². The zero-order valence-corrected chi connectivity index (χ0v) is 29.7. The lowest BCUT2D eigenvalue weighted by atomic mass is 9.61. The molecule has 0 unspecified atom stereocenters. The lowest BCUT2D eigenvalue weighted by Gasteiger charge is -2.42. The molecule has 3 nitrogen and oxygen atoms in total. The fraction of sp³-hybridized carbons (Fsp3) is 0.550. The average Bonchev–Trinajstić information content (AvgIpc) is 2.80. The number of aryl methyl sites for hydroxylation is 2. The molecule has 0 radical (unpaired) electrons. The molecule has 236 valence electrons. The number of hydrogen-bond acceptors (Lipinski definition) is 3. The van der Waals surface area contributed by atoms with Gasteiger partial charge in [-0.1, -0.05) is 121 Å². The molecule has 43 heavy (non-hydrogen) atoms. The van der Waals surface area contributed by atoms with Gasteiger partial charge < -0.3 is 15.3 Å². The molecule has 0 saturated carbocycles. The summed E-state index contributed by atoms with van der Waals surface area (Å²) in [5.41, 5.74) is 7.40. The third-order valence-corrected chi connectivity index (χ3v) is 9.06. The van der Waals surface area contributed by atoms with Crippen molar-refractivity contribution >= 4 is 0 Å². The molecule has 3 rings (SSSR count). The first-order chi connectivity index (χ1) is 19.4. The Morgan fingerprint density at radius 2 is 0.791 bits per heavy atom. The standard InChI is InChI=1S/C40H58O3/c1-16-17-40(27-22-29(36(4,5)6)33(41)18-24(27)2,28-23-30(37(7,8)9)34(42)19-25(28)3)26-20-31(38(10,11)12)35(43)32(21-26)39(13,14)15/h18-23,41-43H,16-17H2,1-15H3. The van der Waals surface area contributed by atoms with Crippen LogP contribution in [0.1, 0.15) is 153 Å². The summed E-state index contributed by atoms with van der Waals surface area (Å²) in [5, 5.41) is 34.1. The van der Waals surface area contributed by atoms with E-state index in [1.807, 2.05) is 12.1 Å². The van der Waals surface area contributed by atoms with E-state index in [1.165, 1.54) is 0 Å². The molecule has 0 saturated heterocycles. The highest BCUT2D eigenvalue weighted by Gasteiger charge is 2.42. The van der Waals surface area contributed by atoms with Crippen LogP contribution in [0.2, 0.25) is 0 Å². The highest BCUT2D eigenvalue weighted by molar-refractivity contribution is 5.63. The Morgan fingerprint density at radius 1 is 0.465 bits per heavy atom. The largest absolute Gasteiger partial charge is 0.508 e. The molecule has 0 aliphatic carbocycles. The van der Waals surface area contributed by atoms with E-state index >= 15 is 0 Å². The molecule has 0 aliphatic rings. The highest BCUT2D eigenvalue weighted by atomic mass is 16.3. The third kappa shape index (κ3) is 6.47. The normalized spacial score (nSPS) is 13.5. The van der Waals surface area contributed by atoms with Crippen molar-refractivity contribution in [2.24, 2.45) is 0 Å². The predicted molar refractivity (Wildman–Crippen MR) is 183 cm³/mol. The number of aromatic hydroxyl groups is 3. The first kappa shape index (κ1) is 34.5. The molecule has 0 atom stereocenters. The van der Waals surface area contributed by atoms with Crippen LogP contribution in [-0.2, 0) is 27.1 Å². The lowest BCUT2D eigenvalue weighted by Crippen LogP contribution is -2.34. The molecule has 3 heteroatoms. The fourth-order valence-corrected chi connectivity index (χ4v) is 6.78. The quantitative estimate of drug-likeness (QED) is 0.261. The van der Waals surface area contributed by atoms with Gasteiger partial charge in [0, 0.05) is 5.41 Å². The van der Waals surface area contributed by atoms with Crippen LogP contribution in [0.15, 0.2) is 36.4 Å². The van der Waals surface area contributed by atoms with Gasteiger partial charge in [-0.3, -0.25) is 0 Å². The Bertz CT molecular complexity index is 1390. The van der Waals surface area contributed by atoms with E-state index in [0.717, 1.165) is 62.9 Å². The average molecular weight is 587 g/mol. The van der Waals surface area contributed by atoms with Crippen molar-refractivity contribution in [1.29, 1.82) is 0 Å². The molecular weight excluding hydrogens is 528 g/mol. The lowest BCUT2D eigenvalue weighted by molar-refractivity contribution is 0.420. The number of phenolic OH excluding ortho intramolecular Hbond substituents is 3. The summed E-state index contributed by atoms with van der Waals surface area (Å²) in [6.07, 6.45) is 1.72. The van der Waals surface area contributed by atoms with Gasteiger partial charge in [-0.15, -0.1) is 0 Å². The van der Waals surface area contributed by atoms with E-state index in [0.29, 0.717) is 17.2 Å². The second kappa shape index (κ2) is 11.2. The second-order valence-electron chi connectivity index (χ2n) is 16.9. The summed E-state index contributed by atoms with van der Waals surface area (Å²) < 4.78 is 0. The molecule has 0 aliphatic heterocycles. The summed E-state index contributed by atoms with van der Waals surface area (Å²) in [6, 6.07) is 12.8. The van der Waals surface area contributed by atoms with E-state index in [9.17, 15) is 15.3 Å². The Kier molecular flexibility index (Phi) is 9.00. The van der Waals surface area contributed by atoms with Gasteiger partial charge in [0.1, 0.15) is 17.2 Å². The number of rotatable bonds is 5.